The number of hydrogen-bond donors (Lipinski definition) is 0. The van der Waals surface area contributed by atoms with Gasteiger partial charge in [-0.15, -0.1) is 0 Å². The van der Waals surface area contributed by atoms with Gasteiger partial charge in [0.2, 0.25) is 0 Å². The van der Waals surface area contributed by atoms with E-state index in [0.717, 1.165) is 16.9 Å². The SMILES string of the molecule is Cc1ccc(C)c(C(=O)CS2(Br)CCCC2)c1. The van der Waals surface area contributed by atoms with Gasteiger partial charge in [-0.25, -0.2) is 0 Å². The minimum Gasteiger partial charge on any atom is -0.293 e. The van der Waals surface area contributed by atoms with Gasteiger partial charge in [-0.1, -0.05) is 17.7 Å². The first-order chi connectivity index (χ1) is 8.00. The molecule has 1 fully saturated rings. The van der Waals surface area contributed by atoms with Crippen LogP contribution in [0.2, 0.25) is 0 Å². The first-order valence-corrected chi connectivity index (χ1v) is 10.0. The van der Waals surface area contributed by atoms with Gasteiger partial charge in [0.15, 0.2) is 5.78 Å². The lowest BCUT2D eigenvalue weighted by atomic mass is 10.0. The van der Waals surface area contributed by atoms with Crippen LogP contribution in [-0.2, 0) is 0 Å². The van der Waals surface area contributed by atoms with E-state index in [1.165, 1.54) is 29.9 Å². The van der Waals surface area contributed by atoms with E-state index < -0.39 is 8.46 Å². The second-order valence-corrected chi connectivity index (χ2v) is 12.0. The maximum Gasteiger partial charge on any atom is 0.172 e. The number of carbonyl (C=O) groups excluding carboxylic acids is 1. The molecule has 1 aliphatic heterocycles. The Morgan fingerprint density at radius 1 is 1.29 bits per heavy atom. The fourth-order valence-corrected chi connectivity index (χ4v) is 6.88. The molecule has 0 aliphatic carbocycles. The molecule has 2 rings (SSSR count). The minimum absolute atomic E-state index is 0.319. The molecule has 1 heterocycles. The van der Waals surface area contributed by atoms with Crippen LogP contribution in [0.25, 0.3) is 0 Å². The van der Waals surface area contributed by atoms with Crippen molar-refractivity contribution in [3.8, 4) is 0 Å². The molecule has 0 bridgehead atoms. The molecule has 1 saturated heterocycles. The van der Waals surface area contributed by atoms with Gasteiger partial charge in [-0.2, -0.15) is 8.46 Å². The third-order valence-electron chi connectivity index (χ3n) is 3.35. The molecule has 94 valence electrons. The van der Waals surface area contributed by atoms with Crippen LogP contribution in [0.4, 0.5) is 0 Å². The Morgan fingerprint density at radius 2 is 1.94 bits per heavy atom. The number of hydrogen-bond acceptors (Lipinski definition) is 1. The van der Waals surface area contributed by atoms with Crippen LogP contribution in [0.1, 0.15) is 34.3 Å². The van der Waals surface area contributed by atoms with Gasteiger partial charge >= 0.3 is 0 Å². The molecule has 1 aromatic carbocycles. The fourth-order valence-electron chi connectivity index (χ4n) is 2.32. The second kappa shape index (κ2) is 5.15. The Hall–Kier alpha value is -0.280. The van der Waals surface area contributed by atoms with Crippen molar-refractivity contribution in [1.29, 1.82) is 0 Å². The molecule has 0 saturated carbocycles. The van der Waals surface area contributed by atoms with Gasteiger partial charge in [0, 0.05) is 5.56 Å². The topological polar surface area (TPSA) is 17.1 Å². The summed E-state index contributed by atoms with van der Waals surface area (Å²) in [4.78, 5) is 12.4. The molecule has 0 N–H and O–H groups in total. The van der Waals surface area contributed by atoms with E-state index in [0.29, 0.717) is 5.78 Å². The second-order valence-electron chi connectivity index (χ2n) is 4.94. The molecular formula is C14H19BrOS. The van der Waals surface area contributed by atoms with Crippen molar-refractivity contribution in [1.82, 2.24) is 0 Å². The van der Waals surface area contributed by atoms with Crippen molar-refractivity contribution in [3.05, 3.63) is 34.9 Å². The molecule has 0 atom stereocenters. The van der Waals surface area contributed by atoms with E-state index >= 15 is 0 Å². The highest BCUT2D eigenvalue weighted by Gasteiger charge is 2.28. The Labute approximate surface area is 113 Å². The van der Waals surface area contributed by atoms with Crippen LogP contribution in [0.15, 0.2) is 18.2 Å². The first kappa shape index (κ1) is 13.2. The molecule has 0 spiro atoms. The van der Waals surface area contributed by atoms with Crippen LogP contribution >= 0.6 is 23.3 Å². The van der Waals surface area contributed by atoms with Crippen LogP contribution in [0, 0.1) is 13.8 Å². The van der Waals surface area contributed by atoms with Crippen LogP contribution in [0.5, 0.6) is 0 Å². The predicted octanol–water partition coefficient (Wildman–Crippen LogP) is 4.39. The first-order valence-electron chi connectivity index (χ1n) is 6.07. The van der Waals surface area contributed by atoms with Gasteiger partial charge in [0.1, 0.15) is 0 Å². The molecule has 0 aromatic heterocycles. The molecule has 3 heteroatoms. The summed E-state index contributed by atoms with van der Waals surface area (Å²) in [6.07, 6.45) is 2.56. The minimum atomic E-state index is -0.818. The average Bonchev–Trinajstić information content (AvgIpc) is 2.68. The smallest absolute Gasteiger partial charge is 0.172 e. The summed E-state index contributed by atoms with van der Waals surface area (Å²) >= 11 is 3.85. The van der Waals surface area contributed by atoms with Crippen LogP contribution in [-0.4, -0.2) is 23.0 Å². The highest BCUT2D eigenvalue weighted by molar-refractivity contribution is 9.58. The number of carbonyl (C=O) groups is 1. The Morgan fingerprint density at radius 3 is 2.59 bits per heavy atom. The number of ketones is 1. The Kier molecular flexibility index (Phi) is 3.99. The molecular weight excluding hydrogens is 296 g/mol. The number of benzene rings is 1. The third kappa shape index (κ3) is 3.14. The third-order valence-corrected chi connectivity index (χ3v) is 8.80. The summed E-state index contributed by atoms with van der Waals surface area (Å²) in [6.45, 7) is 4.07. The zero-order chi connectivity index (χ0) is 12.5. The van der Waals surface area contributed by atoms with Crippen molar-refractivity contribution < 1.29 is 4.79 Å². The maximum atomic E-state index is 12.4. The summed E-state index contributed by atoms with van der Waals surface area (Å²) in [5, 5.41) is 0. The lowest BCUT2D eigenvalue weighted by Crippen LogP contribution is -2.13. The van der Waals surface area contributed by atoms with Crippen molar-refractivity contribution in [3.63, 3.8) is 0 Å². The Balaban J connectivity index is 2.17. The molecule has 0 radical (unpaired) electrons. The highest BCUT2D eigenvalue weighted by Crippen LogP contribution is 2.60. The fraction of sp³-hybridized carbons (Fsp3) is 0.500. The van der Waals surface area contributed by atoms with Crippen LogP contribution < -0.4 is 0 Å². The average molecular weight is 315 g/mol. The lowest BCUT2D eigenvalue weighted by Gasteiger charge is -2.26. The zero-order valence-corrected chi connectivity index (χ0v) is 12.9. The highest BCUT2D eigenvalue weighted by atomic mass is 79.9. The maximum absolute atomic E-state index is 12.4. The van der Waals surface area contributed by atoms with E-state index in [1.807, 2.05) is 26.0 Å². The van der Waals surface area contributed by atoms with Crippen molar-refractivity contribution in [2.75, 3.05) is 17.3 Å². The largest absolute Gasteiger partial charge is 0.293 e. The molecule has 0 unspecified atom stereocenters. The summed E-state index contributed by atoms with van der Waals surface area (Å²) < 4.78 is 0. The standard InChI is InChI=1S/C14H19BrOS/c1-11-5-6-12(2)13(9-11)14(16)10-17(15)7-3-4-8-17/h5-6,9H,3-4,7-8,10H2,1-2H3. The molecule has 17 heavy (non-hydrogen) atoms. The van der Waals surface area contributed by atoms with E-state index in [4.69, 9.17) is 0 Å². The van der Waals surface area contributed by atoms with Crippen molar-refractivity contribution >= 4 is 29.1 Å². The van der Waals surface area contributed by atoms with Crippen LogP contribution in [0.3, 0.4) is 0 Å². The normalized spacial score (nSPS) is 20.2. The molecule has 1 nitrogen and oxygen atoms in total. The van der Waals surface area contributed by atoms with Gasteiger partial charge in [0.05, 0.1) is 5.75 Å². The number of aryl methyl sites for hydroxylation is 2. The zero-order valence-electron chi connectivity index (χ0n) is 10.5. The Bertz CT molecular complexity index is 436. The summed E-state index contributed by atoms with van der Waals surface area (Å²) in [5.41, 5.74) is 3.20. The summed E-state index contributed by atoms with van der Waals surface area (Å²) in [5.74, 6) is 3.46. The van der Waals surface area contributed by atoms with E-state index in [2.05, 4.69) is 20.9 Å². The summed E-state index contributed by atoms with van der Waals surface area (Å²) in [7, 11) is -0.818. The molecule has 0 amide bonds. The van der Waals surface area contributed by atoms with Crippen molar-refractivity contribution in [2.45, 2.75) is 26.7 Å². The monoisotopic (exact) mass is 314 g/mol. The molecule has 1 aromatic rings. The van der Waals surface area contributed by atoms with E-state index in [-0.39, 0.29) is 0 Å². The van der Waals surface area contributed by atoms with Gasteiger partial charge in [0.25, 0.3) is 0 Å². The predicted molar refractivity (Wildman–Crippen MR) is 80.6 cm³/mol. The van der Waals surface area contributed by atoms with E-state index in [9.17, 15) is 4.79 Å². The quantitative estimate of drug-likeness (QED) is 0.756. The van der Waals surface area contributed by atoms with E-state index in [1.54, 1.807) is 0 Å². The molecule has 1 aliphatic rings. The lowest BCUT2D eigenvalue weighted by molar-refractivity contribution is 0.102. The number of rotatable bonds is 3. The van der Waals surface area contributed by atoms with Gasteiger partial charge in [-0.3, -0.25) is 4.79 Å². The summed E-state index contributed by atoms with van der Waals surface area (Å²) in [6, 6.07) is 6.15. The van der Waals surface area contributed by atoms with Gasteiger partial charge < -0.3 is 0 Å². The number of Topliss-reactive ketones (excluding diaryl/α,β-unsaturated/α-hetero) is 1. The van der Waals surface area contributed by atoms with Crippen molar-refractivity contribution in [2.24, 2.45) is 0 Å². The van der Waals surface area contributed by atoms with Gasteiger partial charge in [-0.05, 0) is 64.6 Å². The number of halogens is 1.